The van der Waals surface area contributed by atoms with Crippen molar-refractivity contribution < 1.29 is 395 Å². The first-order chi connectivity index (χ1) is 32.0. The van der Waals surface area contributed by atoms with Gasteiger partial charge in [0.05, 0.1) is 50.8 Å². The van der Waals surface area contributed by atoms with Gasteiger partial charge < -0.3 is 68.4 Å². The predicted octanol–water partition coefficient (Wildman–Crippen LogP) is 7.80. The maximum atomic E-state index is 11.5. The van der Waals surface area contributed by atoms with Crippen molar-refractivity contribution in [3.05, 3.63) is 127 Å². The van der Waals surface area contributed by atoms with Crippen molar-refractivity contribution in [3.63, 3.8) is 0 Å². The molecule has 0 spiro atoms. The summed E-state index contributed by atoms with van der Waals surface area (Å²) < 4.78 is 181. The SMILES string of the molecule is [2H]c1[c-]c([N-]C([CH2-])=O)c([2H])c([2H])c1OC.[2H]c1c([2H])c(N([2H])C(=O)C([2H])([2H])[2H])c([2H])c([2H])c1OC.[2H]c1c([2H])c(OC)c([2H])c([2H])c1[N-]C(=O)C([2H])([2H])[2H].[2H]c1c([2H])c(OC)c([2H])c([2H])c1[N-]C([CH2-])=O.[Y].[Y].[Y].[Y].[Y].[Y].[Y].[Y].[Y].[Y]. The Morgan fingerprint density at radius 3 is 1.26 bits per heavy atom. The third-order valence-corrected chi connectivity index (χ3v) is 4.07. The molecule has 0 unspecified atom stereocenters. The maximum absolute atomic E-state index is 11.5. The molecule has 0 aromatic heterocycles. The topological polar surface area (TPSA) is 160 Å². The summed E-state index contributed by atoms with van der Waals surface area (Å²) >= 11 is 0. The molecule has 0 atom stereocenters. The van der Waals surface area contributed by atoms with E-state index in [0.717, 1.165) is 7.11 Å². The molecule has 0 fully saturated rings. The monoisotopic (exact) mass is 1570 g/mol. The number of hydrogen-bond acceptors (Lipinski definition) is 8. The molecule has 286 valence electrons. The molecule has 0 aliphatic carbocycles. The van der Waals surface area contributed by atoms with Gasteiger partial charge in [-0.3, -0.25) is 10.5 Å². The molecular formula is C36H38N4O8Y10-6. The Kier molecular flexibility index (Phi) is 40.1. The Hall–Kier alpha value is 4.74. The third kappa shape index (κ3) is 45.9. The van der Waals surface area contributed by atoms with Gasteiger partial charge >= 0.3 is 0 Å². The molecule has 4 aromatic carbocycles. The van der Waals surface area contributed by atoms with Crippen molar-refractivity contribution in [1.29, 1.82) is 0 Å². The summed E-state index contributed by atoms with van der Waals surface area (Å²) in [6.07, 6.45) is 0. The van der Waals surface area contributed by atoms with Gasteiger partial charge in [-0.2, -0.15) is 12.1 Å². The molecule has 0 aliphatic heterocycles. The molecular weight excluding hydrogens is 1510 g/mol. The Balaban J connectivity index is -0.0000000985. The number of amides is 4. The van der Waals surface area contributed by atoms with Crippen LogP contribution >= 0.6 is 0 Å². The summed E-state index contributed by atoms with van der Waals surface area (Å²) in [5.74, 6) is -5.58. The van der Waals surface area contributed by atoms with Crippen molar-refractivity contribution in [1.82, 2.24) is 0 Å². The van der Waals surface area contributed by atoms with Crippen LogP contribution in [-0.4, -0.2) is 52.1 Å². The van der Waals surface area contributed by atoms with Gasteiger partial charge in [0.1, 0.15) is 17.2 Å². The number of benzene rings is 4. The van der Waals surface area contributed by atoms with Crippen LogP contribution in [0.5, 0.6) is 23.0 Å². The van der Waals surface area contributed by atoms with Crippen LogP contribution in [0.15, 0.2) is 90.6 Å². The van der Waals surface area contributed by atoms with E-state index in [1.165, 1.54) is 21.3 Å². The Morgan fingerprint density at radius 1 is 0.552 bits per heavy atom. The molecule has 4 rings (SSSR count). The first kappa shape index (κ1) is 42.8. The number of anilines is 1. The first-order valence-corrected chi connectivity index (χ1v) is 12.3. The van der Waals surface area contributed by atoms with E-state index in [2.05, 4.69) is 35.9 Å². The van der Waals surface area contributed by atoms with Gasteiger partial charge in [-0.1, -0.05) is 36.0 Å². The molecule has 0 bridgehead atoms. The fourth-order valence-electron chi connectivity index (χ4n) is 2.26. The van der Waals surface area contributed by atoms with Gasteiger partial charge in [0.2, 0.25) is 5.91 Å². The fraction of sp³-hybridized carbons (Fsp3) is 0.167. The summed E-state index contributed by atoms with van der Waals surface area (Å²) in [4.78, 5) is 44.1. The molecule has 4 amide bonds. The zero-order valence-corrected chi connectivity index (χ0v) is 59.6. The van der Waals surface area contributed by atoms with E-state index in [1.807, 2.05) is 0 Å². The number of nitrogens with one attached hydrogen (secondary N) is 1. The van der Waals surface area contributed by atoms with E-state index < -0.39 is 109 Å². The van der Waals surface area contributed by atoms with Gasteiger partial charge in [-0.05, 0) is 56.6 Å². The minimum Gasteiger partial charge on any atom is -0.675 e. The van der Waals surface area contributed by atoms with Crippen LogP contribution < -0.4 is 24.3 Å². The van der Waals surface area contributed by atoms with Crippen LogP contribution in [0.3, 0.4) is 0 Å². The first-order valence-electron chi connectivity index (χ1n) is 23.2. The van der Waals surface area contributed by atoms with E-state index in [1.54, 1.807) is 0 Å². The Morgan fingerprint density at radius 2 is 0.914 bits per heavy atom. The van der Waals surface area contributed by atoms with Crippen molar-refractivity contribution in [2.24, 2.45) is 0 Å². The van der Waals surface area contributed by atoms with E-state index in [-0.39, 0.29) is 397 Å². The quantitative estimate of drug-likeness (QED) is 0.175. The number of carbonyl (C=O) groups is 4. The second-order valence-corrected chi connectivity index (χ2v) is 7.37. The molecule has 10 radical (unpaired) electrons. The van der Waals surface area contributed by atoms with Gasteiger partial charge in [-0.15, -0.1) is 23.5 Å². The van der Waals surface area contributed by atoms with Crippen LogP contribution in [-0.2, 0) is 346 Å². The minimum atomic E-state index is -3.12. The van der Waals surface area contributed by atoms with Crippen molar-refractivity contribution >= 4 is 46.4 Å². The molecule has 4 aromatic rings. The predicted molar refractivity (Wildman–Crippen MR) is 186 cm³/mol. The van der Waals surface area contributed by atoms with Crippen molar-refractivity contribution in [2.45, 2.75) is 13.7 Å². The molecule has 58 heavy (non-hydrogen) atoms. The summed E-state index contributed by atoms with van der Waals surface area (Å²) in [5, 5.41) is 9.71. The number of nitrogens with zero attached hydrogens (tertiary/aromatic N) is 3. The van der Waals surface area contributed by atoms with Gasteiger partial charge in [0, 0.05) is 356 Å². The summed E-state index contributed by atoms with van der Waals surface area (Å²) in [6.45, 7) is -0.111. The number of carbonyl (C=O) groups excluding carboxylic acids is 4. The summed E-state index contributed by atoms with van der Waals surface area (Å²) in [5.41, 5.74) is -1.83. The largest absolute Gasteiger partial charge is 0.675 e. The zero-order chi connectivity index (χ0) is 54.8. The zero-order valence-electron chi connectivity index (χ0n) is 53.2. The molecule has 0 aliphatic rings. The summed E-state index contributed by atoms with van der Waals surface area (Å²) in [6, 6.07) is -4.98. The molecule has 0 heterocycles. The smallest absolute Gasteiger partial charge is 0.221 e. The number of ether oxygens (including phenoxy) is 4. The maximum Gasteiger partial charge on any atom is 0.221 e. The van der Waals surface area contributed by atoms with Crippen LogP contribution in [0.25, 0.3) is 16.0 Å². The van der Waals surface area contributed by atoms with Crippen LogP contribution in [0.1, 0.15) is 42.5 Å². The van der Waals surface area contributed by atoms with Gasteiger partial charge in [0.25, 0.3) is 0 Å². The average Bonchev–Trinajstić information content (AvgIpc) is 3.26. The standard InChI is InChI=1S/2C9H11NO2.C9H10NO2.C9H9NO2.10Y/c4*1-7(11)10-8-3-5-9(12-2)6-4-8;;;;;;;;;;/h2*3-6H,1-2H3,(H,10,11);3-6H,1H2,2H3,(H,10,11);3,5-6H,1H2,2H3,(H,10,11);;;;;;;;;;/q;;-1;-2;;;;;;;;;;/p-3/i2*1D3,3D,4D,5D,6D;3D,4D,5D,6D;3D,5D,6D;;;;;;;;;;/hD. The van der Waals surface area contributed by atoms with E-state index >= 15 is 0 Å². The number of methoxy groups -OCH3 is 4. The second kappa shape index (κ2) is 54.3. The van der Waals surface area contributed by atoms with Crippen LogP contribution in [0.2, 0.25) is 1.41 Å². The third-order valence-electron chi connectivity index (χ3n) is 4.07. The number of hydrogen-bond donors (Lipinski definition) is 1. The minimum absolute atomic E-state index is 0. The molecule has 22 heteroatoms. The molecule has 0 saturated carbocycles. The van der Waals surface area contributed by atoms with Crippen molar-refractivity contribution in [3.8, 4) is 23.0 Å². The van der Waals surface area contributed by atoms with Crippen molar-refractivity contribution in [2.75, 3.05) is 33.7 Å². The normalized spacial score (nSPS) is 13.4. The van der Waals surface area contributed by atoms with Gasteiger partial charge in [0.15, 0.2) is 1.41 Å². The number of rotatable bonds is 8. The average molecular weight is 1570 g/mol. The van der Waals surface area contributed by atoms with Crippen LogP contribution in [0, 0.1) is 19.9 Å². The van der Waals surface area contributed by atoms with E-state index in [4.69, 9.17) is 49.1 Å². The summed E-state index contributed by atoms with van der Waals surface area (Å²) in [7, 11) is 4.86. The molecule has 1 N–H and O–H groups in total. The van der Waals surface area contributed by atoms with Gasteiger partial charge in [-0.25, -0.2) is 0 Å². The second-order valence-electron chi connectivity index (χ2n) is 7.37. The molecule has 0 saturated heterocycles. The van der Waals surface area contributed by atoms with E-state index in [0.29, 0.717) is 0 Å². The molecule has 12 nitrogen and oxygen atoms in total. The Bertz CT molecular complexity index is 2600. The van der Waals surface area contributed by atoms with E-state index in [9.17, 15) is 19.2 Å². The Labute approximate surface area is 626 Å². The van der Waals surface area contributed by atoms with Crippen LogP contribution in [0.4, 0.5) is 22.7 Å². The fourth-order valence-corrected chi connectivity index (χ4v) is 2.26.